The lowest BCUT2D eigenvalue weighted by Crippen LogP contribution is -2.62. The lowest BCUT2D eigenvalue weighted by atomic mass is 9.41. The number of aliphatic hydroxyl groups is 4. The highest BCUT2D eigenvalue weighted by Crippen LogP contribution is 2.89. The fraction of sp³-hybridized carbons (Fsp3) is 1.00. The number of rotatable bonds is 2. The quantitative estimate of drug-likeness (QED) is 0.460. The van der Waals surface area contributed by atoms with E-state index in [1.165, 1.54) is 6.42 Å². The first-order chi connectivity index (χ1) is 16.0. The Balaban J connectivity index is 1.37. The van der Waals surface area contributed by atoms with Gasteiger partial charge in [-0.3, -0.25) is 0 Å². The maximum Gasteiger partial charge on any atom is 0.0865 e. The van der Waals surface area contributed by atoms with Gasteiger partial charge in [0.05, 0.1) is 35.6 Å². The molecule has 0 radical (unpaired) electrons. The Morgan fingerprint density at radius 2 is 1.46 bits per heavy atom. The van der Waals surface area contributed by atoms with E-state index in [0.717, 1.165) is 51.4 Å². The van der Waals surface area contributed by atoms with Crippen LogP contribution in [0.1, 0.15) is 106 Å². The molecule has 1 aliphatic heterocycles. The summed E-state index contributed by atoms with van der Waals surface area (Å²) in [7, 11) is 0. The third-order valence-electron chi connectivity index (χ3n) is 13.8. The van der Waals surface area contributed by atoms with Crippen LogP contribution >= 0.6 is 0 Å². The van der Waals surface area contributed by atoms with Crippen molar-refractivity contribution in [1.82, 2.24) is 0 Å². The fourth-order valence-electron chi connectivity index (χ4n) is 12.1. The summed E-state index contributed by atoms with van der Waals surface area (Å²) in [6, 6.07) is 0. The molecule has 0 bridgehead atoms. The second-order valence-corrected chi connectivity index (χ2v) is 15.9. The summed E-state index contributed by atoms with van der Waals surface area (Å²) in [4.78, 5) is 0. The zero-order valence-electron chi connectivity index (χ0n) is 23.1. The van der Waals surface area contributed by atoms with Gasteiger partial charge in [0.25, 0.3) is 0 Å². The molecular formula is C30H50O5. The summed E-state index contributed by atoms with van der Waals surface area (Å²) in [6.07, 6.45) is 7.11. The van der Waals surface area contributed by atoms with Crippen LogP contribution in [-0.4, -0.2) is 56.0 Å². The average Bonchev–Trinajstić information content (AvgIpc) is 3.08. The van der Waals surface area contributed by atoms with Gasteiger partial charge in [-0.1, -0.05) is 27.7 Å². The van der Waals surface area contributed by atoms with Gasteiger partial charge in [-0.2, -0.15) is 0 Å². The Labute approximate surface area is 212 Å². The summed E-state index contributed by atoms with van der Waals surface area (Å²) < 4.78 is 6.65. The zero-order valence-corrected chi connectivity index (χ0v) is 23.1. The number of hydrogen-bond acceptors (Lipinski definition) is 5. The topological polar surface area (TPSA) is 90.2 Å². The molecule has 5 heteroatoms. The SMILES string of the molecule is CC(C)(O)[C@H]1CC[C@@](C)([C@@H]2[C@H](O)C[C@@]3(C)[C@@H]4[C@@H](O)C[C@H]5C(C)(C)[C@H](O)CC[C@@]56C[C@@]46CC[C@]23C)O1. The normalized spacial score (nSPS) is 60.9. The third-order valence-corrected chi connectivity index (χ3v) is 13.8. The first-order valence-corrected chi connectivity index (χ1v) is 14.4. The van der Waals surface area contributed by atoms with Gasteiger partial charge in [-0.15, -0.1) is 0 Å². The van der Waals surface area contributed by atoms with Crippen molar-refractivity contribution >= 4 is 0 Å². The largest absolute Gasteiger partial charge is 0.393 e. The molecule has 6 aliphatic rings. The lowest BCUT2D eigenvalue weighted by Gasteiger charge is -2.64. The molecule has 200 valence electrons. The van der Waals surface area contributed by atoms with Gasteiger partial charge in [0.15, 0.2) is 0 Å². The Hall–Kier alpha value is -0.200. The Morgan fingerprint density at radius 1 is 0.771 bits per heavy atom. The molecule has 0 unspecified atom stereocenters. The van der Waals surface area contributed by atoms with Crippen molar-refractivity contribution in [2.75, 3.05) is 0 Å². The predicted octanol–water partition coefficient (Wildman–Crippen LogP) is 4.44. The van der Waals surface area contributed by atoms with Crippen LogP contribution in [0.4, 0.5) is 0 Å². The molecule has 5 aliphatic carbocycles. The molecule has 0 aromatic carbocycles. The highest BCUT2D eigenvalue weighted by molar-refractivity contribution is 5.33. The van der Waals surface area contributed by atoms with Gasteiger partial charge < -0.3 is 25.2 Å². The van der Waals surface area contributed by atoms with Crippen molar-refractivity contribution in [3.05, 3.63) is 0 Å². The van der Waals surface area contributed by atoms with E-state index in [0.29, 0.717) is 5.92 Å². The smallest absolute Gasteiger partial charge is 0.0865 e. The second kappa shape index (κ2) is 6.86. The molecule has 1 heterocycles. The summed E-state index contributed by atoms with van der Waals surface area (Å²) in [6.45, 7) is 15.0. The van der Waals surface area contributed by atoms with Gasteiger partial charge in [-0.05, 0) is 117 Å². The van der Waals surface area contributed by atoms with Crippen LogP contribution in [0.2, 0.25) is 0 Å². The summed E-state index contributed by atoms with van der Waals surface area (Å²) in [5.74, 6) is 0.544. The van der Waals surface area contributed by atoms with Crippen molar-refractivity contribution < 1.29 is 25.2 Å². The van der Waals surface area contributed by atoms with Crippen LogP contribution in [0.5, 0.6) is 0 Å². The molecular weight excluding hydrogens is 440 g/mol. The standard InChI is InChI=1S/C30H50O5/c1-24(2)19-14-17(31)23-27(6)15-18(32)22(28(7)10-9-21(35-28)25(3,4)34)26(27,5)12-13-30(23)16-29(19,30)11-8-20(24)33/h17-23,31-34H,8-16H2,1-7H3/t17-,18+,19-,20+,21+,22+,23-,26+,27-,28-,29+,30-/m0/s1. The van der Waals surface area contributed by atoms with E-state index >= 15 is 0 Å². The monoisotopic (exact) mass is 490 g/mol. The van der Waals surface area contributed by atoms with E-state index < -0.39 is 23.4 Å². The van der Waals surface area contributed by atoms with Crippen LogP contribution in [0.3, 0.4) is 0 Å². The van der Waals surface area contributed by atoms with Gasteiger partial charge in [0.1, 0.15) is 0 Å². The molecule has 0 amide bonds. The highest BCUT2D eigenvalue weighted by Gasteiger charge is 2.85. The Kier molecular flexibility index (Phi) is 4.92. The number of hydrogen-bond donors (Lipinski definition) is 4. The second-order valence-electron chi connectivity index (χ2n) is 15.9. The molecule has 5 nitrogen and oxygen atoms in total. The van der Waals surface area contributed by atoms with Crippen LogP contribution < -0.4 is 0 Å². The van der Waals surface area contributed by atoms with Gasteiger partial charge in [0, 0.05) is 5.92 Å². The fourth-order valence-corrected chi connectivity index (χ4v) is 12.1. The zero-order chi connectivity index (χ0) is 25.6. The summed E-state index contributed by atoms with van der Waals surface area (Å²) >= 11 is 0. The molecule has 2 spiro atoms. The van der Waals surface area contributed by atoms with Crippen molar-refractivity contribution in [1.29, 1.82) is 0 Å². The molecule has 0 aromatic rings. The van der Waals surface area contributed by atoms with Gasteiger partial charge in [-0.25, -0.2) is 0 Å². The maximum absolute atomic E-state index is 11.9. The maximum atomic E-state index is 11.9. The summed E-state index contributed by atoms with van der Waals surface area (Å²) in [5, 5.41) is 45.2. The molecule has 35 heavy (non-hydrogen) atoms. The summed E-state index contributed by atoms with van der Waals surface area (Å²) in [5.41, 5.74) is -1.44. The van der Waals surface area contributed by atoms with Gasteiger partial charge >= 0.3 is 0 Å². The Morgan fingerprint density at radius 3 is 2.09 bits per heavy atom. The van der Waals surface area contributed by atoms with E-state index in [9.17, 15) is 20.4 Å². The number of aliphatic hydroxyl groups excluding tert-OH is 3. The van der Waals surface area contributed by atoms with E-state index in [-0.39, 0.29) is 51.1 Å². The molecule has 6 rings (SSSR count). The average molecular weight is 491 g/mol. The lowest BCUT2D eigenvalue weighted by molar-refractivity contribution is -0.217. The first-order valence-electron chi connectivity index (χ1n) is 14.4. The molecule has 1 saturated heterocycles. The van der Waals surface area contributed by atoms with Crippen molar-refractivity contribution in [2.45, 2.75) is 142 Å². The van der Waals surface area contributed by atoms with Crippen molar-refractivity contribution in [2.24, 2.45) is 44.8 Å². The first kappa shape index (κ1) is 25.1. The minimum Gasteiger partial charge on any atom is -0.393 e. The minimum atomic E-state index is -0.893. The van der Waals surface area contributed by atoms with Crippen LogP contribution in [0.25, 0.3) is 0 Å². The Bertz CT molecular complexity index is 911. The van der Waals surface area contributed by atoms with Crippen LogP contribution in [0.15, 0.2) is 0 Å². The molecule has 0 aromatic heterocycles. The van der Waals surface area contributed by atoms with Crippen molar-refractivity contribution in [3.63, 3.8) is 0 Å². The van der Waals surface area contributed by atoms with Gasteiger partial charge in [0.2, 0.25) is 0 Å². The molecule has 12 atom stereocenters. The van der Waals surface area contributed by atoms with E-state index in [4.69, 9.17) is 4.74 Å². The van der Waals surface area contributed by atoms with Crippen molar-refractivity contribution in [3.8, 4) is 0 Å². The van der Waals surface area contributed by atoms with Crippen LogP contribution in [0, 0.1) is 44.8 Å². The third kappa shape index (κ3) is 2.78. The highest BCUT2D eigenvalue weighted by atomic mass is 16.5. The number of fused-ring (bicyclic) bond motifs is 2. The predicted molar refractivity (Wildman–Crippen MR) is 134 cm³/mol. The minimum absolute atomic E-state index is 0.00561. The van der Waals surface area contributed by atoms with Crippen LogP contribution in [-0.2, 0) is 4.74 Å². The molecule has 4 N–H and O–H groups in total. The van der Waals surface area contributed by atoms with E-state index in [1.54, 1.807) is 0 Å². The number of ether oxygens (including phenoxy) is 1. The van der Waals surface area contributed by atoms with E-state index in [1.807, 2.05) is 13.8 Å². The molecule has 5 saturated carbocycles. The van der Waals surface area contributed by atoms with E-state index in [2.05, 4.69) is 34.6 Å². The molecule has 6 fully saturated rings.